The van der Waals surface area contributed by atoms with Crippen molar-refractivity contribution in [2.75, 3.05) is 13.7 Å². The average Bonchev–Trinajstić information content (AvgIpc) is 2.83. The Labute approximate surface area is 208 Å². The Morgan fingerprint density at radius 3 is 2.50 bits per heavy atom. The first-order chi connectivity index (χ1) is 16.4. The second-order valence-corrected chi connectivity index (χ2v) is 8.07. The summed E-state index contributed by atoms with van der Waals surface area (Å²) in [6.45, 7) is -0.0223. The molecule has 0 radical (unpaired) electrons. The van der Waals surface area contributed by atoms with Crippen molar-refractivity contribution in [2.24, 2.45) is 5.10 Å². The van der Waals surface area contributed by atoms with Gasteiger partial charge in [0.25, 0.3) is 11.6 Å². The standard InChI is InChI=1S/C23H19BrClN3O6/c1-32-21-11-16(12-26-27-22(29)14-33-19-8-4-17(25)5-9-19)10-20(24)23(21)34-13-15-2-6-18(7-3-15)28(30)31/h2-12H,13-14H2,1H3,(H,27,29)/b26-12-. The quantitative estimate of drug-likeness (QED) is 0.214. The van der Waals surface area contributed by atoms with Crippen LogP contribution in [0.15, 0.2) is 70.2 Å². The van der Waals surface area contributed by atoms with Crippen LogP contribution in [0.5, 0.6) is 17.2 Å². The average molecular weight is 549 g/mol. The van der Waals surface area contributed by atoms with Crippen molar-refractivity contribution < 1.29 is 23.9 Å². The molecule has 0 spiro atoms. The lowest BCUT2D eigenvalue weighted by molar-refractivity contribution is -0.384. The molecule has 0 saturated heterocycles. The molecule has 0 aliphatic carbocycles. The highest BCUT2D eigenvalue weighted by molar-refractivity contribution is 9.10. The van der Waals surface area contributed by atoms with Gasteiger partial charge >= 0.3 is 0 Å². The van der Waals surface area contributed by atoms with Crippen LogP contribution in [0.2, 0.25) is 5.02 Å². The molecule has 11 heteroatoms. The molecule has 176 valence electrons. The molecular formula is C23H19BrClN3O6. The van der Waals surface area contributed by atoms with E-state index in [0.717, 1.165) is 5.56 Å². The van der Waals surface area contributed by atoms with Gasteiger partial charge in [-0.15, -0.1) is 0 Å². The molecule has 3 aromatic carbocycles. The minimum absolute atomic E-state index is 0.00906. The molecule has 3 rings (SSSR count). The minimum atomic E-state index is -0.459. The third kappa shape index (κ3) is 7.19. The van der Waals surface area contributed by atoms with Crippen LogP contribution >= 0.6 is 27.5 Å². The topological polar surface area (TPSA) is 112 Å². The first-order valence-corrected chi connectivity index (χ1v) is 11.0. The molecule has 0 saturated carbocycles. The fourth-order valence-electron chi connectivity index (χ4n) is 2.71. The number of rotatable bonds is 10. The predicted octanol–water partition coefficient (Wildman–Crippen LogP) is 5.13. The maximum absolute atomic E-state index is 11.9. The van der Waals surface area contributed by atoms with Gasteiger partial charge in [-0.3, -0.25) is 14.9 Å². The van der Waals surface area contributed by atoms with E-state index in [2.05, 4.69) is 26.5 Å². The summed E-state index contributed by atoms with van der Waals surface area (Å²) < 4.78 is 17.2. The number of nitro benzene ring substituents is 1. The van der Waals surface area contributed by atoms with Crippen molar-refractivity contribution in [1.82, 2.24) is 5.43 Å². The summed E-state index contributed by atoms with van der Waals surface area (Å²) in [7, 11) is 1.50. The van der Waals surface area contributed by atoms with Crippen molar-refractivity contribution in [3.05, 3.63) is 91.4 Å². The van der Waals surface area contributed by atoms with Crippen molar-refractivity contribution in [2.45, 2.75) is 6.61 Å². The molecule has 0 unspecified atom stereocenters. The number of carbonyl (C=O) groups excluding carboxylic acids is 1. The lowest BCUT2D eigenvalue weighted by Crippen LogP contribution is -2.24. The SMILES string of the molecule is COc1cc(/C=N\NC(=O)COc2ccc(Cl)cc2)cc(Br)c1OCc1ccc([N+](=O)[O-])cc1. The van der Waals surface area contributed by atoms with E-state index in [4.69, 9.17) is 25.8 Å². The van der Waals surface area contributed by atoms with Gasteiger partial charge in [0.05, 0.1) is 22.7 Å². The van der Waals surface area contributed by atoms with E-state index in [1.807, 2.05) is 0 Å². The summed E-state index contributed by atoms with van der Waals surface area (Å²) in [5, 5.41) is 15.3. The van der Waals surface area contributed by atoms with E-state index < -0.39 is 10.8 Å². The smallest absolute Gasteiger partial charge is 0.277 e. The number of ether oxygens (including phenoxy) is 3. The number of nitro groups is 1. The fourth-order valence-corrected chi connectivity index (χ4v) is 3.41. The highest BCUT2D eigenvalue weighted by atomic mass is 79.9. The fraction of sp³-hybridized carbons (Fsp3) is 0.130. The number of halogens is 2. The molecule has 3 aromatic rings. The number of methoxy groups -OCH3 is 1. The zero-order chi connectivity index (χ0) is 24.5. The Bertz CT molecular complexity index is 1190. The summed E-state index contributed by atoms with van der Waals surface area (Å²) >= 11 is 9.26. The van der Waals surface area contributed by atoms with Gasteiger partial charge in [0.2, 0.25) is 0 Å². The van der Waals surface area contributed by atoms with Crippen LogP contribution in [-0.4, -0.2) is 30.8 Å². The number of hydrazone groups is 1. The van der Waals surface area contributed by atoms with E-state index in [0.29, 0.717) is 32.3 Å². The Balaban J connectivity index is 1.57. The van der Waals surface area contributed by atoms with Crippen molar-refractivity contribution in [3.8, 4) is 17.2 Å². The number of benzene rings is 3. The monoisotopic (exact) mass is 547 g/mol. The largest absolute Gasteiger partial charge is 0.493 e. The molecule has 1 N–H and O–H groups in total. The first-order valence-electron chi connectivity index (χ1n) is 9.79. The summed E-state index contributed by atoms with van der Waals surface area (Å²) in [6.07, 6.45) is 1.45. The molecule has 34 heavy (non-hydrogen) atoms. The van der Waals surface area contributed by atoms with Gasteiger partial charge in [0.15, 0.2) is 18.1 Å². The second kappa shape index (κ2) is 12.0. The lowest BCUT2D eigenvalue weighted by Gasteiger charge is -2.13. The Kier molecular flexibility index (Phi) is 8.83. The molecule has 0 aromatic heterocycles. The third-order valence-corrected chi connectivity index (χ3v) is 5.21. The van der Waals surface area contributed by atoms with Crippen LogP contribution in [-0.2, 0) is 11.4 Å². The Hall–Kier alpha value is -3.63. The predicted molar refractivity (Wildman–Crippen MR) is 131 cm³/mol. The van der Waals surface area contributed by atoms with Gasteiger partial charge in [-0.1, -0.05) is 11.6 Å². The van der Waals surface area contributed by atoms with Gasteiger partial charge in [0.1, 0.15) is 12.4 Å². The van der Waals surface area contributed by atoms with Gasteiger partial charge < -0.3 is 14.2 Å². The van der Waals surface area contributed by atoms with Crippen LogP contribution in [0.25, 0.3) is 0 Å². The van der Waals surface area contributed by atoms with E-state index in [1.54, 1.807) is 48.5 Å². The van der Waals surface area contributed by atoms with Gasteiger partial charge in [-0.25, -0.2) is 5.43 Å². The molecule has 1 amide bonds. The Morgan fingerprint density at radius 2 is 1.85 bits per heavy atom. The zero-order valence-corrected chi connectivity index (χ0v) is 20.2. The van der Waals surface area contributed by atoms with Crippen molar-refractivity contribution in [1.29, 1.82) is 0 Å². The molecule has 0 fully saturated rings. The zero-order valence-electron chi connectivity index (χ0n) is 17.9. The number of nitrogens with one attached hydrogen (secondary N) is 1. The first kappa shape index (κ1) is 25.0. The molecule has 9 nitrogen and oxygen atoms in total. The molecular weight excluding hydrogens is 530 g/mol. The van der Waals surface area contributed by atoms with Crippen LogP contribution < -0.4 is 19.6 Å². The van der Waals surface area contributed by atoms with Gasteiger partial charge in [-0.2, -0.15) is 5.10 Å². The molecule has 0 heterocycles. The number of amides is 1. The van der Waals surface area contributed by atoms with Crippen molar-refractivity contribution >= 4 is 45.3 Å². The third-order valence-electron chi connectivity index (χ3n) is 4.37. The van der Waals surface area contributed by atoms with Crippen LogP contribution in [0.1, 0.15) is 11.1 Å². The lowest BCUT2D eigenvalue weighted by atomic mass is 10.2. The molecule has 0 atom stereocenters. The number of nitrogens with zero attached hydrogens (tertiary/aromatic N) is 2. The van der Waals surface area contributed by atoms with Gasteiger partial charge in [0, 0.05) is 17.2 Å². The highest BCUT2D eigenvalue weighted by Crippen LogP contribution is 2.37. The number of hydrogen-bond donors (Lipinski definition) is 1. The molecule has 0 aliphatic heterocycles. The van der Waals surface area contributed by atoms with E-state index >= 15 is 0 Å². The molecule has 0 bridgehead atoms. The van der Waals surface area contributed by atoms with Crippen LogP contribution in [0.4, 0.5) is 5.69 Å². The normalized spacial score (nSPS) is 10.7. The van der Waals surface area contributed by atoms with E-state index in [1.165, 1.54) is 25.5 Å². The number of carbonyl (C=O) groups is 1. The van der Waals surface area contributed by atoms with Crippen LogP contribution in [0, 0.1) is 10.1 Å². The maximum atomic E-state index is 11.9. The maximum Gasteiger partial charge on any atom is 0.277 e. The van der Waals surface area contributed by atoms with Crippen LogP contribution in [0.3, 0.4) is 0 Å². The minimum Gasteiger partial charge on any atom is -0.493 e. The van der Waals surface area contributed by atoms with E-state index in [9.17, 15) is 14.9 Å². The Morgan fingerprint density at radius 1 is 1.15 bits per heavy atom. The second-order valence-electron chi connectivity index (χ2n) is 6.78. The molecule has 0 aliphatic rings. The summed E-state index contributed by atoms with van der Waals surface area (Å²) in [4.78, 5) is 22.2. The number of non-ortho nitro benzene ring substituents is 1. The number of hydrogen-bond acceptors (Lipinski definition) is 7. The van der Waals surface area contributed by atoms with E-state index in [-0.39, 0.29) is 18.9 Å². The highest BCUT2D eigenvalue weighted by Gasteiger charge is 2.12. The summed E-state index contributed by atoms with van der Waals surface area (Å²) in [5.41, 5.74) is 3.80. The summed E-state index contributed by atoms with van der Waals surface area (Å²) in [6, 6.07) is 16.2. The summed E-state index contributed by atoms with van der Waals surface area (Å²) in [5.74, 6) is 0.982. The van der Waals surface area contributed by atoms with Gasteiger partial charge in [-0.05, 0) is 75.6 Å². The van der Waals surface area contributed by atoms with Crippen molar-refractivity contribution in [3.63, 3.8) is 0 Å².